The maximum Gasteiger partial charge on any atom is 0.101 e. The lowest BCUT2D eigenvalue weighted by molar-refractivity contribution is 0.142. The highest BCUT2D eigenvalue weighted by molar-refractivity contribution is 5.72. The van der Waals surface area contributed by atoms with Gasteiger partial charge in [-0.05, 0) is 25.0 Å². The van der Waals surface area contributed by atoms with E-state index in [1.165, 1.54) is 12.8 Å². The van der Waals surface area contributed by atoms with Crippen LogP contribution in [-0.4, -0.2) is 18.3 Å². The molecule has 1 aromatic rings. The van der Waals surface area contributed by atoms with E-state index in [2.05, 4.69) is 11.4 Å². The lowest BCUT2D eigenvalue weighted by atomic mass is 9.87. The van der Waals surface area contributed by atoms with Crippen LogP contribution in [0.15, 0.2) is 18.2 Å². The smallest absolute Gasteiger partial charge is 0.101 e. The third-order valence-corrected chi connectivity index (χ3v) is 3.88. The topological polar surface area (TPSA) is 82.1 Å². The Bertz CT molecular complexity index is 459. The zero-order valence-corrected chi connectivity index (χ0v) is 10.4. The first kappa shape index (κ1) is 12.7. The highest BCUT2D eigenvalue weighted by Crippen LogP contribution is 2.38. The fraction of sp³-hybridized carbons (Fsp3) is 0.500. The number of nitrogens with one attached hydrogen (secondary N) is 1. The minimum atomic E-state index is -0.0188. The highest BCUT2D eigenvalue weighted by Gasteiger charge is 2.33. The van der Waals surface area contributed by atoms with Crippen LogP contribution < -0.4 is 11.1 Å². The first-order chi connectivity index (χ1) is 8.71. The van der Waals surface area contributed by atoms with Crippen molar-refractivity contribution in [2.45, 2.75) is 25.7 Å². The number of benzene rings is 1. The third kappa shape index (κ3) is 2.41. The average molecular weight is 245 g/mol. The molecule has 96 valence electrons. The van der Waals surface area contributed by atoms with Crippen molar-refractivity contribution in [1.82, 2.24) is 0 Å². The van der Waals surface area contributed by atoms with Gasteiger partial charge in [0, 0.05) is 12.0 Å². The monoisotopic (exact) mass is 245 g/mol. The van der Waals surface area contributed by atoms with Gasteiger partial charge < -0.3 is 16.2 Å². The van der Waals surface area contributed by atoms with E-state index in [1.54, 1.807) is 6.07 Å². The van der Waals surface area contributed by atoms with Crippen molar-refractivity contribution in [3.05, 3.63) is 23.8 Å². The molecule has 0 aromatic heterocycles. The molecule has 0 amide bonds. The number of rotatable bonds is 4. The van der Waals surface area contributed by atoms with E-state index in [9.17, 15) is 5.11 Å². The molecule has 4 N–H and O–H groups in total. The Hall–Kier alpha value is -1.73. The van der Waals surface area contributed by atoms with Crippen LogP contribution in [0, 0.1) is 16.7 Å². The molecule has 1 aliphatic rings. The molecule has 0 bridgehead atoms. The molecule has 0 aliphatic heterocycles. The molecule has 1 fully saturated rings. The summed E-state index contributed by atoms with van der Waals surface area (Å²) in [5.41, 5.74) is 7.66. The van der Waals surface area contributed by atoms with E-state index < -0.39 is 0 Å². The summed E-state index contributed by atoms with van der Waals surface area (Å²) in [4.78, 5) is 0. The van der Waals surface area contributed by atoms with Gasteiger partial charge in [0.25, 0.3) is 0 Å². The zero-order valence-electron chi connectivity index (χ0n) is 10.4. The molecule has 0 atom stereocenters. The Kier molecular flexibility index (Phi) is 3.73. The molecule has 1 saturated carbocycles. The number of aliphatic hydroxyl groups is 1. The first-order valence-electron chi connectivity index (χ1n) is 6.34. The number of nitriles is 1. The summed E-state index contributed by atoms with van der Waals surface area (Å²) >= 11 is 0. The van der Waals surface area contributed by atoms with Crippen LogP contribution in [0.25, 0.3) is 0 Å². The summed E-state index contributed by atoms with van der Waals surface area (Å²) < 4.78 is 0. The summed E-state index contributed by atoms with van der Waals surface area (Å²) in [6, 6.07) is 7.47. The third-order valence-electron chi connectivity index (χ3n) is 3.88. The number of hydrogen-bond donors (Lipinski definition) is 3. The summed E-state index contributed by atoms with van der Waals surface area (Å²) in [6.07, 6.45) is 4.45. The molecule has 18 heavy (non-hydrogen) atoms. The van der Waals surface area contributed by atoms with Gasteiger partial charge >= 0.3 is 0 Å². The van der Waals surface area contributed by atoms with Gasteiger partial charge in [0.05, 0.1) is 23.5 Å². The predicted molar refractivity (Wildman–Crippen MR) is 72.0 cm³/mol. The second-order valence-electron chi connectivity index (χ2n) is 5.10. The number of hydrogen-bond acceptors (Lipinski definition) is 4. The Morgan fingerprint density at radius 2 is 2.11 bits per heavy atom. The molecule has 4 heteroatoms. The van der Waals surface area contributed by atoms with Gasteiger partial charge in [-0.15, -0.1) is 0 Å². The second kappa shape index (κ2) is 5.28. The molecule has 0 radical (unpaired) electrons. The zero-order chi connectivity index (χ0) is 13.0. The first-order valence-corrected chi connectivity index (χ1v) is 6.34. The molecule has 0 spiro atoms. The van der Waals surface area contributed by atoms with Gasteiger partial charge in [-0.1, -0.05) is 18.9 Å². The van der Waals surface area contributed by atoms with Gasteiger partial charge in [0.15, 0.2) is 0 Å². The highest BCUT2D eigenvalue weighted by atomic mass is 16.3. The number of nitrogens with two attached hydrogens (primary N) is 1. The van der Waals surface area contributed by atoms with E-state index in [1.807, 2.05) is 12.1 Å². The van der Waals surface area contributed by atoms with Crippen molar-refractivity contribution in [2.24, 2.45) is 5.41 Å². The van der Waals surface area contributed by atoms with Crippen molar-refractivity contribution in [3.8, 4) is 6.07 Å². The van der Waals surface area contributed by atoms with Gasteiger partial charge in [0.1, 0.15) is 6.07 Å². The fourth-order valence-corrected chi connectivity index (χ4v) is 2.62. The molecule has 2 rings (SSSR count). The largest absolute Gasteiger partial charge is 0.396 e. The lowest BCUT2D eigenvalue weighted by Crippen LogP contribution is -2.30. The number of para-hydroxylation sites is 1. The van der Waals surface area contributed by atoms with Crippen molar-refractivity contribution in [1.29, 1.82) is 5.26 Å². The Labute approximate surface area is 107 Å². The quantitative estimate of drug-likeness (QED) is 0.709. The Balaban J connectivity index is 2.08. The molecule has 0 heterocycles. The van der Waals surface area contributed by atoms with Gasteiger partial charge in [-0.25, -0.2) is 0 Å². The van der Waals surface area contributed by atoms with E-state index in [4.69, 9.17) is 11.0 Å². The predicted octanol–water partition coefficient (Wildman–Crippen LogP) is 2.11. The summed E-state index contributed by atoms with van der Waals surface area (Å²) in [5.74, 6) is 0. The maximum absolute atomic E-state index is 9.54. The minimum Gasteiger partial charge on any atom is -0.396 e. The van der Waals surface area contributed by atoms with Crippen LogP contribution in [0.2, 0.25) is 0 Å². The number of nitrogen functional groups attached to an aromatic ring is 1. The van der Waals surface area contributed by atoms with E-state index >= 15 is 0 Å². The normalized spacial score (nSPS) is 17.3. The van der Waals surface area contributed by atoms with Crippen molar-refractivity contribution < 1.29 is 5.11 Å². The molecule has 1 aromatic carbocycles. The number of aliphatic hydroxyl groups excluding tert-OH is 1. The standard InChI is InChI=1S/C14H19N3O/c15-8-11-4-3-5-12(13(11)16)17-9-14(10-18)6-1-2-7-14/h3-5,17-18H,1-2,6-7,9-10,16H2. The lowest BCUT2D eigenvalue weighted by Gasteiger charge is -2.27. The second-order valence-corrected chi connectivity index (χ2v) is 5.10. The van der Waals surface area contributed by atoms with Gasteiger partial charge in [-0.3, -0.25) is 0 Å². The van der Waals surface area contributed by atoms with Crippen molar-refractivity contribution in [2.75, 3.05) is 24.2 Å². The van der Waals surface area contributed by atoms with Crippen LogP contribution in [0.1, 0.15) is 31.2 Å². The minimum absolute atomic E-state index is 0.0188. The molecule has 0 unspecified atom stereocenters. The van der Waals surface area contributed by atoms with Crippen LogP contribution in [0.3, 0.4) is 0 Å². The summed E-state index contributed by atoms with van der Waals surface area (Å²) in [5, 5.41) is 21.7. The van der Waals surface area contributed by atoms with Gasteiger partial charge in [-0.2, -0.15) is 5.26 Å². The Morgan fingerprint density at radius 1 is 1.39 bits per heavy atom. The average Bonchev–Trinajstić information content (AvgIpc) is 2.87. The molecule has 0 saturated heterocycles. The maximum atomic E-state index is 9.54. The number of nitrogens with zero attached hydrogens (tertiary/aromatic N) is 1. The van der Waals surface area contributed by atoms with Crippen LogP contribution in [0.5, 0.6) is 0 Å². The van der Waals surface area contributed by atoms with E-state index in [0.29, 0.717) is 17.8 Å². The van der Waals surface area contributed by atoms with E-state index in [0.717, 1.165) is 18.5 Å². The summed E-state index contributed by atoms with van der Waals surface area (Å²) in [6.45, 7) is 0.917. The SMILES string of the molecule is N#Cc1cccc(NCC2(CO)CCCC2)c1N. The Morgan fingerprint density at radius 3 is 2.72 bits per heavy atom. The van der Waals surface area contributed by atoms with Crippen LogP contribution in [0.4, 0.5) is 11.4 Å². The van der Waals surface area contributed by atoms with E-state index in [-0.39, 0.29) is 12.0 Å². The molecular formula is C14H19N3O. The fourth-order valence-electron chi connectivity index (χ4n) is 2.62. The molecular weight excluding hydrogens is 226 g/mol. The van der Waals surface area contributed by atoms with Crippen LogP contribution in [-0.2, 0) is 0 Å². The molecule has 1 aliphatic carbocycles. The molecule has 4 nitrogen and oxygen atoms in total. The van der Waals surface area contributed by atoms with Crippen molar-refractivity contribution in [3.63, 3.8) is 0 Å². The van der Waals surface area contributed by atoms with Crippen molar-refractivity contribution >= 4 is 11.4 Å². The summed E-state index contributed by atoms with van der Waals surface area (Å²) in [7, 11) is 0. The van der Waals surface area contributed by atoms with Gasteiger partial charge in [0.2, 0.25) is 0 Å². The number of anilines is 2. The van der Waals surface area contributed by atoms with Crippen LogP contribution >= 0.6 is 0 Å².